The van der Waals surface area contributed by atoms with Crippen LogP contribution in [-0.2, 0) is 10.0 Å². The van der Waals surface area contributed by atoms with E-state index in [1.54, 1.807) is 0 Å². The Kier molecular flexibility index (Phi) is 5.08. The number of carbonyl (C=O) groups is 1. The van der Waals surface area contributed by atoms with Gasteiger partial charge in [0.2, 0.25) is 10.0 Å². The summed E-state index contributed by atoms with van der Waals surface area (Å²) in [6.07, 6.45) is 0.727. The van der Waals surface area contributed by atoms with Gasteiger partial charge in [-0.15, -0.1) is 0 Å². The Hall–Kier alpha value is -1.40. The highest BCUT2D eigenvalue weighted by Crippen LogP contribution is 2.19. The lowest BCUT2D eigenvalue weighted by Crippen LogP contribution is -2.37. The summed E-state index contributed by atoms with van der Waals surface area (Å²) in [6, 6.07) is 5.15. The van der Waals surface area contributed by atoms with E-state index < -0.39 is 16.0 Å². The standard InChI is InChI=1S/C13H19NO4S/c1-4-9-14(10(2)3)19(17,18)12-7-5-11(6-8-12)13(15)16/h5-8,10H,4,9H2,1-3H3,(H,15,16). The van der Waals surface area contributed by atoms with Crippen LogP contribution < -0.4 is 0 Å². The first kappa shape index (κ1) is 15.7. The Labute approximate surface area is 113 Å². The molecule has 0 aliphatic rings. The molecule has 0 atom stereocenters. The lowest BCUT2D eigenvalue weighted by molar-refractivity contribution is 0.0696. The van der Waals surface area contributed by atoms with Gasteiger partial charge in [0.25, 0.3) is 0 Å². The van der Waals surface area contributed by atoms with Gasteiger partial charge in [-0.05, 0) is 44.5 Å². The van der Waals surface area contributed by atoms with Crippen LogP contribution in [0.25, 0.3) is 0 Å². The van der Waals surface area contributed by atoms with Crippen LogP contribution in [0.3, 0.4) is 0 Å². The minimum atomic E-state index is -3.56. The number of carboxylic acids is 1. The molecule has 0 bridgehead atoms. The van der Waals surface area contributed by atoms with Crippen molar-refractivity contribution >= 4 is 16.0 Å². The highest BCUT2D eigenvalue weighted by atomic mass is 32.2. The SMILES string of the molecule is CCCN(C(C)C)S(=O)(=O)c1ccc(C(=O)O)cc1. The molecule has 1 rings (SSSR count). The van der Waals surface area contributed by atoms with Gasteiger partial charge in [-0.2, -0.15) is 4.31 Å². The largest absolute Gasteiger partial charge is 0.478 e. The second-order valence-electron chi connectivity index (χ2n) is 4.54. The summed E-state index contributed by atoms with van der Waals surface area (Å²) in [5.41, 5.74) is 0.0746. The second-order valence-corrected chi connectivity index (χ2v) is 6.43. The van der Waals surface area contributed by atoms with Crippen molar-refractivity contribution in [3.63, 3.8) is 0 Å². The number of hydrogen-bond acceptors (Lipinski definition) is 3. The molecule has 1 N–H and O–H groups in total. The lowest BCUT2D eigenvalue weighted by atomic mass is 10.2. The molecule has 106 valence electrons. The second kappa shape index (κ2) is 6.16. The van der Waals surface area contributed by atoms with Gasteiger partial charge in [0.15, 0.2) is 0 Å². The highest BCUT2D eigenvalue weighted by molar-refractivity contribution is 7.89. The molecule has 0 aromatic heterocycles. The summed E-state index contributed by atoms with van der Waals surface area (Å²) in [5, 5.41) is 8.80. The Balaban J connectivity index is 3.14. The molecule has 0 spiro atoms. The smallest absolute Gasteiger partial charge is 0.335 e. The van der Waals surface area contributed by atoms with E-state index in [2.05, 4.69) is 0 Å². The van der Waals surface area contributed by atoms with E-state index in [4.69, 9.17) is 5.11 Å². The average Bonchev–Trinajstić information content (AvgIpc) is 2.35. The molecule has 0 heterocycles. The monoisotopic (exact) mass is 285 g/mol. The number of nitrogens with zero attached hydrogens (tertiary/aromatic N) is 1. The van der Waals surface area contributed by atoms with Gasteiger partial charge >= 0.3 is 5.97 Å². The molecule has 1 aromatic carbocycles. The Morgan fingerprint density at radius 3 is 2.16 bits per heavy atom. The van der Waals surface area contributed by atoms with Crippen LogP contribution in [0.2, 0.25) is 0 Å². The zero-order chi connectivity index (χ0) is 14.6. The Bertz CT molecular complexity index is 534. The Morgan fingerprint density at radius 1 is 1.26 bits per heavy atom. The van der Waals surface area contributed by atoms with Gasteiger partial charge in [0, 0.05) is 12.6 Å². The van der Waals surface area contributed by atoms with Crippen LogP contribution in [-0.4, -0.2) is 36.4 Å². The predicted octanol–water partition coefficient (Wildman–Crippen LogP) is 2.19. The third-order valence-electron chi connectivity index (χ3n) is 2.73. The molecule has 5 nitrogen and oxygen atoms in total. The van der Waals surface area contributed by atoms with Crippen molar-refractivity contribution in [1.82, 2.24) is 4.31 Å². The zero-order valence-corrected chi connectivity index (χ0v) is 12.1. The maximum absolute atomic E-state index is 12.4. The van der Waals surface area contributed by atoms with Crippen molar-refractivity contribution in [2.45, 2.75) is 38.1 Å². The molecule has 19 heavy (non-hydrogen) atoms. The van der Waals surface area contributed by atoms with Crippen molar-refractivity contribution in [2.24, 2.45) is 0 Å². The van der Waals surface area contributed by atoms with Gasteiger partial charge in [-0.25, -0.2) is 13.2 Å². The molecule has 6 heteroatoms. The van der Waals surface area contributed by atoms with Crippen LogP contribution >= 0.6 is 0 Å². The first-order chi connectivity index (χ1) is 8.80. The number of aromatic carboxylic acids is 1. The molecule has 0 unspecified atom stereocenters. The first-order valence-electron chi connectivity index (χ1n) is 6.16. The molecule has 0 aliphatic carbocycles. The maximum Gasteiger partial charge on any atom is 0.335 e. The fraction of sp³-hybridized carbons (Fsp3) is 0.462. The van der Waals surface area contributed by atoms with Gasteiger partial charge in [-0.1, -0.05) is 6.92 Å². The molecule has 0 radical (unpaired) electrons. The molecule has 1 aromatic rings. The quantitative estimate of drug-likeness (QED) is 0.869. The van der Waals surface area contributed by atoms with E-state index in [0.29, 0.717) is 6.54 Å². The summed E-state index contributed by atoms with van der Waals surface area (Å²) < 4.78 is 26.3. The van der Waals surface area contributed by atoms with Crippen molar-refractivity contribution < 1.29 is 18.3 Å². The summed E-state index contributed by atoms with van der Waals surface area (Å²) in [4.78, 5) is 10.9. The molecular weight excluding hydrogens is 266 g/mol. The van der Waals surface area contributed by atoms with Crippen LogP contribution in [0, 0.1) is 0 Å². The minimum absolute atomic E-state index is 0.0746. The number of rotatable bonds is 6. The fourth-order valence-corrected chi connectivity index (χ4v) is 3.51. The van der Waals surface area contributed by atoms with Crippen molar-refractivity contribution in [3.05, 3.63) is 29.8 Å². The third kappa shape index (κ3) is 3.54. The minimum Gasteiger partial charge on any atom is -0.478 e. The van der Waals surface area contributed by atoms with Gasteiger partial charge in [0.05, 0.1) is 10.5 Å². The first-order valence-corrected chi connectivity index (χ1v) is 7.60. The van der Waals surface area contributed by atoms with Crippen LogP contribution in [0.5, 0.6) is 0 Å². The lowest BCUT2D eigenvalue weighted by Gasteiger charge is -2.25. The fourth-order valence-electron chi connectivity index (χ4n) is 1.78. The predicted molar refractivity (Wildman–Crippen MR) is 72.7 cm³/mol. The van der Waals surface area contributed by atoms with Gasteiger partial charge in [-0.3, -0.25) is 0 Å². The van der Waals surface area contributed by atoms with E-state index in [-0.39, 0.29) is 16.5 Å². The molecule has 0 amide bonds. The zero-order valence-electron chi connectivity index (χ0n) is 11.3. The molecule has 0 fully saturated rings. The summed E-state index contributed by atoms with van der Waals surface area (Å²) in [7, 11) is -3.56. The van der Waals surface area contributed by atoms with Gasteiger partial charge in [0.1, 0.15) is 0 Å². The normalized spacial score (nSPS) is 12.1. The van der Waals surface area contributed by atoms with E-state index in [1.807, 2.05) is 20.8 Å². The van der Waals surface area contributed by atoms with E-state index >= 15 is 0 Å². The number of hydrogen-bond donors (Lipinski definition) is 1. The summed E-state index contributed by atoms with van der Waals surface area (Å²) in [5.74, 6) is -1.07. The number of benzene rings is 1. The van der Waals surface area contributed by atoms with Crippen LogP contribution in [0.15, 0.2) is 29.2 Å². The van der Waals surface area contributed by atoms with Crippen molar-refractivity contribution in [2.75, 3.05) is 6.54 Å². The number of carboxylic acid groups (broad SMARTS) is 1. The third-order valence-corrected chi connectivity index (χ3v) is 4.82. The highest BCUT2D eigenvalue weighted by Gasteiger charge is 2.26. The van der Waals surface area contributed by atoms with E-state index in [1.165, 1.54) is 28.6 Å². The van der Waals surface area contributed by atoms with Crippen molar-refractivity contribution in [3.8, 4) is 0 Å². The molecule has 0 saturated heterocycles. The summed E-state index contributed by atoms with van der Waals surface area (Å²) in [6.45, 7) is 6.00. The number of sulfonamides is 1. The average molecular weight is 285 g/mol. The van der Waals surface area contributed by atoms with Crippen LogP contribution in [0.4, 0.5) is 0 Å². The van der Waals surface area contributed by atoms with E-state index in [0.717, 1.165) is 6.42 Å². The molecule has 0 aliphatic heterocycles. The van der Waals surface area contributed by atoms with Gasteiger partial charge < -0.3 is 5.11 Å². The molecule has 0 saturated carbocycles. The maximum atomic E-state index is 12.4. The topological polar surface area (TPSA) is 74.7 Å². The van der Waals surface area contributed by atoms with E-state index in [9.17, 15) is 13.2 Å². The Morgan fingerprint density at radius 2 is 1.79 bits per heavy atom. The molecular formula is C13H19NO4S. The van der Waals surface area contributed by atoms with Crippen molar-refractivity contribution in [1.29, 1.82) is 0 Å². The van der Waals surface area contributed by atoms with Crippen LogP contribution in [0.1, 0.15) is 37.6 Å². The summed E-state index contributed by atoms with van der Waals surface area (Å²) >= 11 is 0.